The van der Waals surface area contributed by atoms with Crippen LogP contribution in [0.15, 0.2) is 30.7 Å². The molecule has 0 bridgehead atoms. The number of hydrogen-bond donors (Lipinski definition) is 1. The van der Waals surface area contributed by atoms with E-state index in [-0.39, 0.29) is 12.0 Å². The topological polar surface area (TPSA) is 47.3 Å². The number of ether oxygens (including phenoxy) is 1. The van der Waals surface area contributed by atoms with Gasteiger partial charge in [0.05, 0.1) is 43.6 Å². The number of fused-ring (bicyclic) bond motifs is 3. The van der Waals surface area contributed by atoms with E-state index in [0.29, 0.717) is 13.2 Å². The monoisotopic (exact) mass is 256 g/mol. The molecule has 19 heavy (non-hydrogen) atoms. The van der Waals surface area contributed by atoms with Crippen molar-refractivity contribution < 1.29 is 9.84 Å². The number of nitrogens with zero attached hydrogens (tertiary/aromatic N) is 2. The van der Waals surface area contributed by atoms with Crippen LogP contribution in [0.1, 0.15) is 17.2 Å². The van der Waals surface area contributed by atoms with Gasteiger partial charge in [0.2, 0.25) is 0 Å². The molecule has 1 aromatic carbocycles. The highest BCUT2D eigenvalue weighted by Crippen LogP contribution is 2.45. The summed E-state index contributed by atoms with van der Waals surface area (Å²) in [4.78, 5) is 4.25. The molecule has 1 fully saturated rings. The average molecular weight is 256 g/mol. The molecule has 98 valence electrons. The van der Waals surface area contributed by atoms with Crippen LogP contribution in [0, 0.1) is 12.8 Å². The summed E-state index contributed by atoms with van der Waals surface area (Å²) in [5, 5.41) is 10.1. The highest BCUT2D eigenvalue weighted by molar-refractivity contribution is 5.69. The Morgan fingerprint density at radius 3 is 3.05 bits per heavy atom. The van der Waals surface area contributed by atoms with Crippen molar-refractivity contribution in [2.45, 2.75) is 19.1 Å². The van der Waals surface area contributed by atoms with Crippen LogP contribution < -0.4 is 0 Å². The third kappa shape index (κ3) is 1.50. The summed E-state index contributed by atoms with van der Waals surface area (Å²) in [7, 11) is 0. The second-order valence-corrected chi connectivity index (χ2v) is 5.49. The van der Waals surface area contributed by atoms with Crippen molar-refractivity contribution in [1.29, 1.82) is 0 Å². The molecule has 0 spiro atoms. The third-order valence-electron chi connectivity index (χ3n) is 4.27. The molecule has 0 amide bonds. The number of benzene rings is 1. The van der Waals surface area contributed by atoms with Crippen molar-refractivity contribution in [3.63, 3.8) is 0 Å². The molecule has 4 rings (SSSR count). The predicted octanol–water partition coefficient (Wildman–Crippen LogP) is 1.77. The molecule has 3 atom stereocenters. The van der Waals surface area contributed by atoms with E-state index in [9.17, 15) is 5.11 Å². The maximum atomic E-state index is 10.1. The van der Waals surface area contributed by atoms with E-state index in [1.165, 1.54) is 16.7 Å². The number of aryl methyl sites for hydroxylation is 1. The second kappa shape index (κ2) is 3.92. The van der Waals surface area contributed by atoms with E-state index in [4.69, 9.17) is 4.74 Å². The molecule has 2 aromatic rings. The molecular weight excluding hydrogens is 240 g/mol. The van der Waals surface area contributed by atoms with Gasteiger partial charge in [-0.2, -0.15) is 0 Å². The zero-order valence-electron chi connectivity index (χ0n) is 10.8. The summed E-state index contributed by atoms with van der Waals surface area (Å²) in [6.45, 7) is 3.15. The largest absolute Gasteiger partial charge is 0.390 e. The van der Waals surface area contributed by atoms with Crippen molar-refractivity contribution in [3.05, 3.63) is 41.9 Å². The molecule has 0 radical (unpaired) electrons. The standard InChI is InChI=1S/C15H16N2O2/c1-9-2-3-10-11(4-9)15(12-6-19-7-14(12)18)17-8-16-5-13(10)17/h2-5,8,12,14-15,18H,6-7H2,1H3/t12-,14-,15-/m0/s1. The van der Waals surface area contributed by atoms with Gasteiger partial charge in [0.1, 0.15) is 0 Å². The Kier molecular flexibility index (Phi) is 2.31. The van der Waals surface area contributed by atoms with Gasteiger partial charge in [-0.3, -0.25) is 0 Å². The lowest BCUT2D eigenvalue weighted by Crippen LogP contribution is -2.27. The van der Waals surface area contributed by atoms with Gasteiger partial charge < -0.3 is 14.4 Å². The number of aliphatic hydroxyl groups excluding tert-OH is 1. The summed E-state index contributed by atoms with van der Waals surface area (Å²) in [6.07, 6.45) is 3.36. The fourth-order valence-electron chi connectivity index (χ4n) is 3.34. The first-order valence-electron chi connectivity index (χ1n) is 6.64. The van der Waals surface area contributed by atoms with Gasteiger partial charge in [0.25, 0.3) is 0 Å². The Balaban J connectivity index is 1.90. The van der Waals surface area contributed by atoms with Gasteiger partial charge in [-0.1, -0.05) is 23.8 Å². The lowest BCUT2D eigenvalue weighted by atomic mass is 9.89. The Bertz CT molecular complexity index is 635. The molecule has 4 nitrogen and oxygen atoms in total. The van der Waals surface area contributed by atoms with Crippen molar-refractivity contribution in [2.75, 3.05) is 13.2 Å². The third-order valence-corrected chi connectivity index (χ3v) is 4.27. The van der Waals surface area contributed by atoms with Gasteiger partial charge in [-0.15, -0.1) is 0 Å². The minimum absolute atomic E-state index is 0.107. The lowest BCUT2D eigenvalue weighted by molar-refractivity contribution is 0.111. The Labute approximate surface area is 111 Å². The zero-order valence-corrected chi connectivity index (χ0v) is 10.8. The molecule has 1 aromatic heterocycles. The lowest BCUT2D eigenvalue weighted by Gasteiger charge is -2.23. The van der Waals surface area contributed by atoms with E-state index in [2.05, 4.69) is 34.7 Å². The summed E-state index contributed by atoms with van der Waals surface area (Å²) >= 11 is 0. The van der Waals surface area contributed by atoms with E-state index in [1.807, 2.05) is 12.5 Å². The Hall–Kier alpha value is -1.65. The van der Waals surface area contributed by atoms with Crippen LogP contribution in [0.2, 0.25) is 0 Å². The molecule has 0 saturated carbocycles. The second-order valence-electron chi connectivity index (χ2n) is 5.49. The molecular formula is C15H16N2O2. The van der Waals surface area contributed by atoms with Gasteiger partial charge in [-0.05, 0) is 12.5 Å². The number of imidazole rings is 1. The van der Waals surface area contributed by atoms with Crippen molar-refractivity contribution >= 4 is 0 Å². The predicted molar refractivity (Wildman–Crippen MR) is 70.9 cm³/mol. The van der Waals surface area contributed by atoms with Crippen LogP contribution in [-0.4, -0.2) is 34.0 Å². The van der Waals surface area contributed by atoms with Crippen LogP contribution in [0.3, 0.4) is 0 Å². The van der Waals surface area contributed by atoms with E-state index < -0.39 is 6.10 Å². The number of aromatic nitrogens is 2. The highest BCUT2D eigenvalue weighted by atomic mass is 16.5. The van der Waals surface area contributed by atoms with Crippen LogP contribution in [0.25, 0.3) is 11.3 Å². The van der Waals surface area contributed by atoms with Crippen molar-refractivity contribution in [1.82, 2.24) is 9.55 Å². The molecule has 0 unspecified atom stereocenters. The highest BCUT2D eigenvalue weighted by Gasteiger charge is 2.40. The van der Waals surface area contributed by atoms with Crippen molar-refractivity contribution in [3.8, 4) is 11.3 Å². The molecule has 4 heteroatoms. The molecule has 0 aliphatic carbocycles. The molecule has 3 heterocycles. The van der Waals surface area contributed by atoms with E-state index in [0.717, 1.165) is 5.69 Å². The maximum Gasteiger partial charge on any atom is 0.0956 e. The first-order chi connectivity index (χ1) is 9.25. The molecule has 2 aliphatic heterocycles. The molecule has 2 aliphatic rings. The number of aliphatic hydroxyl groups is 1. The Morgan fingerprint density at radius 1 is 1.37 bits per heavy atom. The van der Waals surface area contributed by atoms with E-state index in [1.54, 1.807) is 0 Å². The van der Waals surface area contributed by atoms with Gasteiger partial charge in [0, 0.05) is 11.5 Å². The van der Waals surface area contributed by atoms with Crippen molar-refractivity contribution in [2.24, 2.45) is 5.92 Å². The maximum absolute atomic E-state index is 10.1. The zero-order chi connectivity index (χ0) is 13.0. The van der Waals surface area contributed by atoms with Gasteiger partial charge >= 0.3 is 0 Å². The minimum atomic E-state index is -0.397. The van der Waals surface area contributed by atoms with Crippen LogP contribution in [0.5, 0.6) is 0 Å². The molecule has 1 saturated heterocycles. The first kappa shape index (κ1) is 11.2. The Morgan fingerprint density at radius 2 is 2.26 bits per heavy atom. The summed E-state index contributed by atoms with van der Waals surface area (Å²) in [5.41, 5.74) is 4.90. The molecule has 1 N–H and O–H groups in total. The van der Waals surface area contributed by atoms with Crippen LogP contribution in [0.4, 0.5) is 0 Å². The SMILES string of the molecule is Cc1ccc2c(c1)[C@@H]([C@H]1COC[C@@H]1O)n1cncc1-2. The average Bonchev–Trinajstić information content (AvgIpc) is 3.05. The van der Waals surface area contributed by atoms with E-state index >= 15 is 0 Å². The number of rotatable bonds is 1. The van der Waals surface area contributed by atoms with Crippen LogP contribution >= 0.6 is 0 Å². The quantitative estimate of drug-likeness (QED) is 0.846. The fourth-order valence-corrected chi connectivity index (χ4v) is 3.34. The van der Waals surface area contributed by atoms with Gasteiger partial charge in [0.15, 0.2) is 0 Å². The minimum Gasteiger partial charge on any atom is -0.390 e. The van der Waals surface area contributed by atoms with Crippen LogP contribution in [-0.2, 0) is 4.74 Å². The summed E-state index contributed by atoms with van der Waals surface area (Å²) < 4.78 is 7.61. The summed E-state index contributed by atoms with van der Waals surface area (Å²) in [6, 6.07) is 6.64. The first-order valence-corrected chi connectivity index (χ1v) is 6.64. The van der Waals surface area contributed by atoms with Gasteiger partial charge in [-0.25, -0.2) is 4.98 Å². The fraction of sp³-hybridized carbons (Fsp3) is 0.400. The summed E-state index contributed by atoms with van der Waals surface area (Å²) in [5.74, 6) is 0.107. The normalized spacial score (nSPS) is 28.4. The smallest absolute Gasteiger partial charge is 0.0956 e. The number of hydrogen-bond acceptors (Lipinski definition) is 3.